The molecule has 4 heteroatoms. The lowest BCUT2D eigenvalue weighted by Gasteiger charge is -2.26. The van der Waals surface area contributed by atoms with E-state index in [9.17, 15) is 9.18 Å². The molecule has 1 saturated heterocycles. The molecule has 1 amide bonds. The maximum atomic E-state index is 13.0. The lowest BCUT2D eigenvalue weighted by atomic mass is 10.1. The normalized spacial score (nSPS) is 24.5. The number of rotatable bonds is 3. The Morgan fingerprint density at radius 2 is 2.00 bits per heavy atom. The van der Waals surface area contributed by atoms with Gasteiger partial charge in [-0.05, 0) is 36.5 Å². The summed E-state index contributed by atoms with van der Waals surface area (Å²) < 4.78 is 13.0. The van der Waals surface area contributed by atoms with E-state index in [-0.39, 0.29) is 23.4 Å². The third kappa shape index (κ3) is 2.14. The average Bonchev–Trinajstić information content (AvgIpc) is 3.09. The molecule has 2 fully saturated rings. The van der Waals surface area contributed by atoms with Crippen molar-refractivity contribution >= 4 is 5.91 Å². The van der Waals surface area contributed by atoms with Crippen LogP contribution in [0.3, 0.4) is 0 Å². The number of amides is 1. The van der Waals surface area contributed by atoms with Crippen molar-refractivity contribution in [1.29, 1.82) is 0 Å². The lowest BCUT2D eigenvalue weighted by Crippen LogP contribution is -2.34. The third-order valence-electron chi connectivity index (χ3n) is 3.89. The minimum absolute atomic E-state index is 0.113. The Hall–Kier alpha value is -1.42. The molecule has 1 N–H and O–H groups in total. The van der Waals surface area contributed by atoms with Crippen LogP contribution in [-0.4, -0.2) is 22.9 Å². The van der Waals surface area contributed by atoms with Crippen LogP contribution < -0.4 is 5.32 Å². The lowest BCUT2D eigenvalue weighted by molar-refractivity contribution is -0.131. The van der Waals surface area contributed by atoms with Gasteiger partial charge in [-0.3, -0.25) is 10.1 Å². The molecule has 0 bridgehead atoms. The zero-order valence-electron chi connectivity index (χ0n) is 11.3. The summed E-state index contributed by atoms with van der Waals surface area (Å²) in [6, 6.07) is 6.42. The summed E-state index contributed by atoms with van der Waals surface area (Å²) in [7, 11) is 0. The number of halogens is 1. The van der Waals surface area contributed by atoms with E-state index >= 15 is 0 Å². The van der Waals surface area contributed by atoms with Gasteiger partial charge in [0.05, 0.1) is 0 Å². The second-order valence-electron chi connectivity index (χ2n) is 6.03. The van der Waals surface area contributed by atoms with Gasteiger partial charge < -0.3 is 4.90 Å². The predicted octanol–water partition coefficient (Wildman–Crippen LogP) is 2.44. The SMILES string of the molecule is CC(C)CN1C(=O)C2(CC2)NC1c1ccc(F)cc1. The fourth-order valence-electron chi connectivity index (χ4n) is 2.77. The number of benzene rings is 1. The third-order valence-corrected chi connectivity index (χ3v) is 3.89. The smallest absolute Gasteiger partial charge is 0.244 e. The van der Waals surface area contributed by atoms with Crippen molar-refractivity contribution in [2.45, 2.75) is 38.4 Å². The van der Waals surface area contributed by atoms with Gasteiger partial charge in [-0.1, -0.05) is 26.0 Å². The fourth-order valence-corrected chi connectivity index (χ4v) is 2.77. The highest BCUT2D eigenvalue weighted by Gasteiger charge is 2.59. The summed E-state index contributed by atoms with van der Waals surface area (Å²) >= 11 is 0. The number of nitrogens with one attached hydrogen (secondary N) is 1. The molecule has 2 aliphatic rings. The van der Waals surface area contributed by atoms with Gasteiger partial charge in [0.15, 0.2) is 0 Å². The van der Waals surface area contributed by atoms with Crippen molar-refractivity contribution in [2.24, 2.45) is 5.92 Å². The molecule has 1 spiro atoms. The van der Waals surface area contributed by atoms with Crippen LogP contribution in [0.5, 0.6) is 0 Å². The molecule has 0 aromatic heterocycles. The molecule has 1 unspecified atom stereocenters. The molecule has 1 aliphatic heterocycles. The van der Waals surface area contributed by atoms with Crippen molar-refractivity contribution in [3.63, 3.8) is 0 Å². The van der Waals surface area contributed by atoms with Crippen molar-refractivity contribution in [2.75, 3.05) is 6.54 Å². The molecule has 1 aromatic rings. The first-order valence-electron chi connectivity index (χ1n) is 6.86. The Morgan fingerprint density at radius 1 is 1.37 bits per heavy atom. The van der Waals surface area contributed by atoms with Gasteiger partial charge >= 0.3 is 0 Å². The standard InChI is InChI=1S/C15H19FN2O/c1-10(2)9-18-13(11-3-5-12(16)6-4-11)17-15(7-8-15)14(18)19/h3-6,10,13,17H,7-9H2,1-2H3. The zero-order valence-corrected chi connectivity index (χ0v) is 11.3. The minimum Gasteiger partial charge on any atom is -0.321 e. The first kappa shape index (κ1) is 12.6. The first-order valence-corrected chi connectivity index (χ1v) is 6.86. The molecule has 1 aliphatic carbocycles. The summed E-state index contributed by atoms with van der Waals surface area (Å²) in [6.45, 7) is 4.94. The van der Waals surface area contributed by atoms with Crippen molar-refractivity contribution in [3.8, 4) is 0 Å². The van der Waals surface area contributed by atoms with E-state index < -0.39 is 0 Å². The zero-order chi connectivity index (χ0) is 13.6. The van der Waals surface area contributed by atoms with E-state index in [1.807, 2.05) is 4.90 Å². The molecule has 3 rings (SSSR count). The van der Waals surface area contributed by atoms with E-state index in [2.05, 4.69) is 19.2 Å². The summed E-state index contributed by atoms with van der Waals surface area (Å²) in [5, 5.41) is 3.44. The quantitative estimate of drug-likeness (QED) is 0.907. The van der Waals surface area contributed by atoms with Gasteiger partial charge in [-0.25, -0.2) is 4.39 Å². The van der Waals surface area contributed by atoms with E-state index in [4.69, 9.17) is 0 Å². The fraction of sp³-hybridized carbons (Fsp3) is 0.533. The summed E-state index contributed by atoms with van der Waals surface area (Å²) in [5.41, 5.74) is 0.632. The average molecular weight is 262 g/mol. The Labute approximate surface area is 112 Å². The summed E-state index contributed by atoms with van der Waals surface area (Å²) in [4.78, 5) is 14.4. The maximum Gasteiger partial charge on any atom is 0.244 e. The van der Waals surface area contributed by atoms with Gasteiger partial charge in [-0.15, -0.1) is 0 Å². The molecule has 19 heavy (non-hydrogen) atoms. The van der Waals surface area contributed by atoms with Crippen LogP contribution in [-0.2, 0) is 4.79 Å². The molecular weight excluding hydrogens is 243 g/mol. The van der Waals surface area contributed by atoms with Crippen molar-refractivity contribution < 1.29 is 9.18 Å². The van der Waals surface area contributed by atoms with Gasteiger partial charge in [0.2, 0.25) is 5.91 Å². The molecule has 1 saturated carbocycles. The number of carbonyl (C=O) groups is 1. The number of nitrogens with zero attached hydrogens (tertiary/aromatic N) is 1. The monoisotopic (exact) mass is 262 g/mol. The van der Waals surface area contributed by atoms with Crippen LogP contribution in [0.25, 0.3) is 0 Å². The van der Waals surface area contributed by atoms with Crippen LogP contribution >= 0.6 is 0 Å². The Balaban J connectivity index is 1.89. The number of hydrogen-bond acceptors (Lipinski definition) is 2. The topological polar surface area (TPSA) is 32.3 Å². The molecule has 1 aromatic carbocycles. The summed E-state index contributed by atoms with van der Waals surface area (Å²) in [6.07, 6.45) is 1.72. The number of hydrogen-bond donors (Lipinski definition) is 1. The molecule has 1 atom stereocenters. The van der Waals surface area contributed by atoms with Crippen LogP contribution in [0, 0.1) is 11.7 Å². The first-order chi connectivity index (χ1) is 9.02. The number of carbonyl (C=O) groups excluding carboxylic acids is 1. The highest BCUT2D eigenvalue weighted by molar-refractivity contribution is 5.92. The summed E-state index contributed by atoms with van der Waals surface area (Å²) in [5.74, 6) is 0.378. The minimum atomic E-state index is -0.325. The van der Waals surface area contributed by atoms with E-state index in [0.717, 1.165) is 24.9 Å². The highest BCUT2D eigenvalue weighted by Crippen LogP contribution is 2.46. The van der Waals surface area contributed by atoms with E-state index in [1.165, 1.54) is 12.1 Å². The largest absolute Gasteiger partial charge is 0.321 e. The van der Waals surface area contributed by atoms with Crippen LogP contribution in [0.4, 0.5) is 4.39 Å². The Morgan fingerprint density at radius 3 is 2.53 bits per heavy atom. The van der Waals surface area contributed by atoms with Gasteiger partial charge in [0.1, 0.15) is 17.5 Å². The maximum absolute atomic E-state index is 13.0. The van der Waals surface area contributed by atoms with Crippen molar-refractivity contribution in [3.05, 3.63) is 35.6 Å². The van der Waals surface area contributed by atoms with Gasteiger partial charge in [0.25, 0.3) is 0 Å². The molecule has 1 heterocycles. The van der Waals surface area contributed by atoms with Crippen LogP contribution in [0.2, 0.25) is 0 Å². The van der Waals surface area contributed by atoms with E-state index in [0.29, 0.717) is 5.92 Å². The second-order valence-corrected chi connectivity index (χ2v) is 6.03. The van der Waals surface area contributed by atoms with Gasteiger partial charge in [0, 0.05) is 6.54 Å². The molecule has 102 valence electrons. The molecule has 3 nitrogen and oxygen atoms in total. The predicted molar refractivity (Wildman–Crippen MR) is 70.8 cm³/mol. The Bertz CT molecular complexity index is 493. The van der Waals surface area contributed by atoms with E-state index in [1.54, 1.807) is 12.1 Å². The molecule has 0 radical (unpaired) electrons. The van der Waals surface area contributed by atoms with Crippen molar-refractivity contribution in [1.82, 2.24) is 10.2 Å². The molecular formula is C15H19FN2O. The van der Waals surface area contributed by atoms with Gasteiger partial charge in [-0.2, -0.15) is 0 Å². The van der Waals surface area contributed by atoms with Crippen LogP contribution in [0.15, 0.2) is 24.3 Å². The second kappa shape index (κ2) is 4.30. The Kier molecular flexibility index (Phi) is 2.86. The van der Waals surface area contributed by atoms with Crippen LogP contribution in [0.1, 0.15) is 38.4 Å². The highest BCUT2D eigenvalue weighted by atomic mass is 19.1.